The van der Waals surface area contributed by atoms with Crippen LogP contribution in [0.15, 0.2) is 48.0 Å². The Morgan fingerprint density at radius 2 is 2.00 bits per heavy atom. The Balaban J connectivity index is 2.11. The molecule has 1 heterocycles. The standard InChI is InChI=1S/C17H16N2OS/c1-12-8-9-16(21-12)10-15(11-18)17(20)19-13(2)14-6-4-3-5-7-14/h3-10,13H,1-2H3,(H,19,20). The summed E-state index contributed by atoms with van der Waals surface area (Å²) in [5.41, 5.74) is 1.13. The summed E-state index contributed by atoms with van der Waals surface area (Å²) in [5.74, 6) is -0.347. The van der Waals surface area contributed by atoms with E-state index < -0.39 is 0 Å². The third-order valence-electron chi connectivity index (χ3n) is 3.06. The van der Waals surface area contributed by atoms with Crippen molar-refractivity contribution in [1.82, 2.24) is 5.32 Å². The molecule has 106 valence electrons. The summed E-state index contributed by atoms with van der Waals surface area (Å²) in [6, 6.07) is 15.4. The van der Waals surface area contributed by atoms with E-state index in [9.17, 15) is 10.1 Å². The number of carbonyl (C=O) groups is 1. The second-order valence-electron chi connectivity index (χ2n) is 4.72. The van der Waals surface area contributed by atoms with Crippen LogP contribution in [-0.2, 0) is 4.79 Å². The summed E-state index contributed by atoms with van der Waals surface area (Å²) >= 11 is 1.56. The summed E-state index contributed by atoms with van der Waals surface area (Å²) in [5, 5.41) is 12.0. The van der Waals surface area contributed by atoms with Crippen LogP contribution in [0.25, 0.3) is 6.08 Å². The van der Waals surface area contributed by atoms with E-state index >= 15 is 0 Å². The Morgan fingerprint density at radius 3 is 2.57 bits per heavy atom. The van der Waals surface area contributed by atoms with Gasteiger partial charge >= 0.3 is 0 Å². The van der Waals surface area contributed by atoms with Crippen LogP contribution >= 0.6 is 11.3 Å². The van der Waals surface area contributed by atoms with Crippen LogP contribution in [0.2, 0.25) is 0 Å². The minimum atomic E-state index is -0.347. The van der Waals surface area contributed by atoms with Crippen molar-refractivity contribution >= 4 is 23.3 Å². The fraction of sp³-hybridized carbons (Fsp3) is 0.176. The third kappa shape index (κ3) is 4.04. The zero-order valence-corrected chi connectivity index (χ0v) is 12.8. The summed E-state index contributed by atoms with van der Waals surface area (Å²) < 4.78 is 0. The number of nitriles is 1. The lowest BCUT2D eigenvalue weighted by atomic mass is 10.1. The van der Waals surface area contributed by atoms with Gasteiger partial charge in [0.25, 0.3) is 5.91 Å². The molecule has 1 amide bonds. The fourth-order valence-electron chi connectivity index (χ4n) is 1.92. The number of thiophene rings is 1. The highest BCUT2D eigenvalue weighted by molar-refractivity contribution is 7.12. The molecule has 1 aromatic carbocycles. The number of amides is 1. The van der Waals surface area contributed by atoms with E-state index in [0.717, 1.165) is 15.3 Å². The van der Waals surface area contributed by atoms with Gasteiger partial charge < -0.3 is 5.32 Å². The number of carbonyl (C=O) groups excluding carboxylic acids is 1. The molecule has 1 aromatic heterocycles. The predicted octanol–water partition coefficient (Wildman–Crippen LogP) is 3.84. The van der Waals surface area contributed by atoms with Crippen LogP contribution in [-0.4, -0.2) is 5.91 Å². The van der Waals surface area contributed by atoms with E-state index in [1.165, 1.54) is 0 Å². The van der Waals surface area contributed by atoms with E-state index in [2.05, 4.69) is 5.32 Å². The molecule has 0 bridgehead atoms. The molecule has 0 aliphatic rings. The number of benzene rings is 1. The number of nitrogens with zero attached hydrogens (tertiary/aromatic N) is 1. The SMILES string of the molecule is Cc1ccc(C=C(C#N)C(=O)NC(C)c2ccccc2)s1. The molecule has 2 rings (SSSR count). The zero-order chi connectivity index (χ0) is 15.2. The van der Waals surface area contributed by atoms with Gasteiger partial charge in [-0.3, -0.25) is 4.79 Å². The van der Waals surface area contributed by atoms with Gasteiger partial charge in [0.1, 0.15) is 11.6 Å². The Morgan fingerprint density at radius 1 is 1.29 bits per heavy atom. The van der Waals surface area contributed by atoms with Gasteiger partial charge in [-0.2, -0.15) is 5.26 Å². The molecule has 4 heteroatoms. The first-order chi connectivity index (χ1) is 10.1. The van der Waals surface area contributed by atoms with Crippen LogP contribution in [0.3, 0.4) is 0 Å². The first kappa shape index (κ1) is 15.0. The van der Waals surface area contributed by atoms with Gasteiger partial charge in [-0.1, -0.05) is 30.3 Å². The summed E-state index contributed by atoms with van der Waals surface area (Å²) in [6.07, 6.45) is 1.63. The minimum Gasteiger partial charge on any atom is -0.345 e. The Kier molecular flexibility index (Phi) is 4.91. The lowest BCUT2D eigenvalue weighted by Crippen LogP contribution is -2.27. The average Bonchev–Trinajstić information content (AvgIpc) is 2.90. The van der Waals surface area contributed by atoms with E-state index in [4.69, 9.17) is 0 Å². The molecule has 0 spiro atoms. The van der Waals surface area contributed by atoms with E-state index in [0.29, 0.717) is 0 Å². The Bertz CT molecular complexity index is 695. The van der Waals surface area contributed by atoms with Crippen LogP contribution < -0.4 is 5.32 Å². The molecular weight excluding hydrogens is 280 g/mol. The van der Waals surface area contributed by atoms with Gasteiger partial charge in [0, 0.05) is 9.75 Å². The minimum absolute atomic E-state index is 0.125. The molecule has 1 atom stereocenters. The maximum absolute atomic E-state index is 12.2. The highest BCUT2D eigenvalue weighted by atomic mass is 32.1. The molecule has 1 N–H and O–H groups in total. The summed E-state index contributed by atoms with van der Waals surface area (Å²) in [4.78, 5) is 14.2. The van der Waals surface area contributed by atoms with Crippen LogP contribution in [0, 0.1) is 18.3 Å². The highest BCUT2D eigenvalue weighted by Gasteiger charge is 2.13. The summed E-state index contributed by atoms with van der Waals surface area (Å²) in [6.45, 7) is 3.89. The zero-order valence-electron chi connectivity index (χ0n) is 12.0. The van der Waals surface area contributed by atoms with Crippen molar-refractivity contribution < 1.29 is 4.79 Å². The van der Waals surface area contributed by atoms with Crippen LogP contribution in [0.5, 0.6) is 0 Å². The first-order valence-electron chi connectivity index (χ1n) is 6.64. The van der Waals surface area contributed by atoms with Crippen molar-refractivity contribution in [2.75, 3.05) is 0 Å². The van der Waals surface area contributed by atoms with E-state index in [1.54, 1.807) is 17.4 Å². The van der Waals surface area contributed by atoms with Crippen molar-refractivity contribution in [3.63, 3.8) is 0 Å². The monoisotopic (exact) mass is 296 g/mol. The molecule has 0 fully saturated rings. The molecule has 2 aromatic rings. The van der Waals surface area contributed by atoms with Gasteiger partial charge in [0.05, 0.1) is 6.04 Å². The topological polar surface area (TPSA) is 52.9 Å². The smallest absolute Gasteiger partial charge is 0.262 e. The van der Waals surface area contributed by atoms with Crippen molar-refractivity contribution in [2.45, 2.75) is 19.9 Å². The lowest BCUT2D eigenvalue weighted by molar-refractivity contribution is -0.117. The number of hydrogen-bond donors (Lipinski definition) is 1. The average molecular weight is 296 g/mol. The Labute approximate surface area is 128 Å². The predicted molar refractivity (Wildman–Crippen MR) is 85.6 cm³/mol. The molecule has 1 unspecified atom stereocenters. The highest BCUT2D eigenvalue weighted by Crippen LogP contribution is 2.19. The van der Waals surface area contributed by atoms with Gasteiger partial charge in [-0.25, -0.2) is 0 Å². The van der Waals surface area contributed by atoms with Crippen molar-refractivity contribution in [2.24, 2.45) is 0 Å². The first-order valence-corrected chi connectivity index (χ1v) is 7.46. The fourth-order valence-corrected chi connectivity index (χ4v) is 2.74. The molecule has 21 heavy (non-hydrogen) atoms. The molecular formula is C17H16N2OS. The van der Waals surface area contributed by atoms with E-state index in [-0.39, 0.29) is 17.5 Å². The van der Waals surface area contributed by atoms with Gasteiger partial charge in [-0.05, 0) is 37.6 Å². The molecule has 0 aliphatic carbocycles. The van der Waals surface area contributed by atoms with Gasteiger partial charge in [-0.15, -0.1) is 11.3 Å². The maximum atomic E-state index is 12.2. The number of hydrogen-bond acceptors (Lipinski definition) is 3. The molecule has 0 saturated carbocycles. The van der Waals surface area contributed by atoms with Crippen molar-refractivity contribution in [1.29, 1.82) is 5.26 Å². The van der Waals surface area contributed by atoms with Gasteiger partial charge in [0.2, 0.25) is 0 Å². The molecule has 0 radical (unpaired) electrons. The molecule has 0 saturated heterocycles. The van der Waals surface area contributed by atoms with Gasteiger partial charge in [0.15, 0.2) is 0 Å². The third-order valence-corrected chi connectivity index (χ3v) is 4.01. The number of rotatable bonds is 4. The van der Waals surface area contributed by atoms with Crippen LogP contribution in [0.4, 0.5) is 0 Å². The quantitative estimate of drug-likeness (QED) is 0.688. The largest absolute Gasteiger partial charge is 0.345 e. The maximum Gasteiger partial charge on any atom is 0.262 e. The number of aryl methyl sites for hydroxylation is 1. The summed E-state index contributed by atoms with van der Waals surface area (Å²) in [7, 11) is 0. The normalized spacial score (nSPS) is 12.5. The van der Waals surface area contributed by atoms with Crippen molar-refractivity contribution in [3.05, 3.63) is 63.4 Å². The molecule has 3 nitrogen and oxygen atoms in total. The van der Waals surface area contributed by atoms with Crippen LogP contribution in [0.1, 0.15) is 28.3 Å². The second-order valence-corrected chi connectivity index (χ2v) is 6.04. The van der Waals surface area contributed by atoms with Crippen molar-refractivity contribution in [3.8, 4) is 6.07 Å². The molecule has 0 aliphatic heterocycles. The lowest BCUT2D eigenvalue weighted by Gasteiger charge is -2.13. The Hall–Kier alpha value is -2.38. The number of nitrogens with one attached hydrogen (secondary N) is 1. The van der Waals surface area contributed by atoms with E-state index in [1.807, 2.05) is 62.4 Å². The second kappa shape index (κ2) is 6.87.